The normalized spacial score (nSPS) is 10.9. The highest BCUT2D eigenvalue weighted by atomic mass is 16.3. The molecule has 0 atom stereocenters. The van der Waals surface area contributed by atoms with E-state index in [1.54, 1.807) is 23.0 Å². The quantitative estimate of drug-likeness (QED) is 0.580. The van der Waals surface area contributed by atoms with Crippen molar-refractivity contribution >= 4 is 22.6 Å². The lowest BCUT2D eigenvalue weighted by molar-refractivity contribution is 0.102. The molecule has 1 amide bonds. The van der Waals surface area contributed by atoms with Gasteiger partial charge in [0.25, 0.3) is 5.91 Å². The minimum Gasteiger partial charge on any atom is -0.508 e. The smallest absolute Gasteiger partial charge is 0.260 e. The summed E-state index contributed by atoms with van der Waals surface area (Å²) in [7, 11) is 0. The monoisotopic (exact) mass is 358 g/mol. The van der Waals surface area contributed by atoms with E-state index in [2.05, 4.69) is 15.4 Å². The van der Waals surface area contributed by atoms with Gasteiger partial charge in [-0.25, -0.2) is 9.67 Å². The Kier molecular flexibility index (Phi) is 4.08. The Morgan fingerprint density at radius 1 is 1.07 bits per heavy atom. The number of carbonyl (C=O) groups is 1. The molecule has 4 aromatic rings. The molecule has 0 aliphatic heterocycles. The Morgan fingerprint density at radius 2 is 1.89 bits per heavy atom. The van der Waals surface area contributed by atoms with E-state index in [0.717, 1.165) is 22.2 Å². The summed E-state index contributed by atoms with van der Waals surface area (Å²) in [6.07, 6.45) is 3.22. The van der Waals surface area contributed by atoms with E-state index in [4.69, 9.17) is 0 Å². The molecule has 2 N–H and O–H groups in total. The average molecular weight is 358 g/mol. The first-order valence-electron chi connectivity index (χ1n) is 8.54. The van der Waals surface area contributed by atoms with Crippen LogP contribution in [0.1, 0.15) is 21.5 Å². The average Bonchev–Trinajstić information content (AvgIpc) is 3.11. The van der Waals surface area contributed by atoms with Gasteiger partial charge in [0, 0.05) is 17.6 Å². The summed E-state index contributed by atoms with van der Waals surface area (Å²) < 4.78 is 1.68. The number of anilines is 1. The number of pyridine rings is 1. The maximum atomic E-state index is 12.6. The van der Waals surface area contributed by atoms with E-state index in [9.17, 15) is 9.90 Å². The number of nitrogens with one attached hydrogen (secondary N) is 1. The SMILES string of the molecule is Cc1ccccc1-n1cc(C(=O)Nc2cc(C)c3ccc(O)cc3n2)cn1. The lowest BCUT2D eigenvalue weighted by Crippen LogP contribution is -2.12. The second-order valence-corrected chi connectivity index (χ2v) is 6.44. The number of hydrogen-bond donors (Lipinski definition) is 2. The van der Waals surface area contributed by atoms with Crippen molar-refractivity contribution in [2.24, 2.45) is 0 Å². The van der Waals surface area contributed by atoms with E-state index in [1.807, 2.05) is 50.2 Å². The molecule has 27 heavy (non-hydrogen) atoms. The van der Waals surface area contributed by atoms with Crippen molar-refractivity contribution in [2.75, 3.05) is 5.32 Å². The summed E-state index contributed by atoms with van der Waals surface area (Å²) in [5.74, 6) is 0.276. The Labute approximate surface area is 156 Å². The number of aromatic nitrogens is 3. The Balaban J connectivity index is 1.61. The number of benzene rings is 2. The van der Waals surface area contributed by atoms with Gasteiger partial charge in [0.05, 0.1) is 23.0 Å². The van der Waals surface area contributed by atoms with Gasteiger partial charge in [0.15, 0.2) is 0 Å². The molecule has 6 heteroatoms. The number of aromatic hydroxyl groups is 1. The summed E-state index contributed by atoms with van der Waals surface area (Å²) in [5.41, 5.74) is 4.02. The zero-order chi connectivity index (χ0) is 19.0. The van der Waals surface area contributed by atoms with Crippen LogP contribution >= 0.6 is 0 Å². The molecule has 0 aliphatic rings. The van der Waals surface area contributed by atoms with Gasteiger partial charge in [0.1, 0.15) is 11.6 Å². The van der Waals surface area contributed by atoms with E-state index in [-0.39, 0.29) is 11.7 Å². The van der Waals surface area contributed by atoms with Crippen molar-refractivity contribution in [1.29, 1.82) is 0 Å². The van der Waals surface area contributed by atoms with Gasteiger partial charge in [-0.1, -0.05) is 18.2 Å². The van der Waals surface area contributed by atoms with Crippen LogP contribution < -0.4 is 5.32 Å². The van der Waals surface area contributed by atoms with Crippen LogP contribution in [0.2, 0.25) is 0 Å². The van der Waals surface area contributed by atoms with Crippen LogP contribution in [-0.2, 0) is 0 Å². The number of carbonyl (C=O) groups excluding carboxylic acids is 1. The molecule has 0 unspecified atom stereocenters. The number of fused-ring (bicyclic) bond motifs is 1. The molecule has 0 fully saturated rings. The summed E-state index contributed by atoms with van der Waals surface area (Å²) in [5, 5.41) is 17.7. The van der Waals surface area contributed by atoms with Gasteiger partial charge < -0.3 is 10.4 Å². The molecule has 6 nitrogen and oxygen atoms in total. The predicted molar refractivity (Wildman–Crippen MR) is 104 cm³/mol. The van der Waals surface area contributed by atoms with Gasteiger partial charge >= 0.3 is 0 Å². The van der Waals surface area contributed by atoms with Crippen molar-refractivity contribution in [2.45, 2.75) is 13.8 Å². The summed E-state index contributed by atoms with van der Waals surface area (Å²) in [4.78, 5) is 17.0. The first kappa shape index (κ1) is 16.8. The summed E-state index contributed by atoms with van der Waals surface area (Å²) in [6.45, 7) is 3.93. The molecule has 134 valence electrons. The van der Waals surface area contributed by atoms with E-state index in [0.29, 0.717) is 16.9 Å². The standard InChI is InChI=1S/C21H18N4O2/c1-13-5-3-4-6-19(13)25-12-15(11-22-25)21(27)24-20-9-14(2)17-8-7-16(26)10-18(17)23-20/h3-12,26H,1-2H3,(H,23,24,27). The lowest BCUT2D eigenvalue weighted by atomic mass is 10.1. The van der Waals surface area contributed by atoms with Crippen molar-refractivity contribution in [3.05, 3.63) is 77.6 Å². The molecular formula is C21H18N4O2. The van der Waals surface area contributed by atoms with Crippen LogP contribution in [0.5, 0.6) is 5.75 Å². The molecule has 2 aromatic carbocycles. The number of hydrogen-bond acceptors (Lipinski definition) is 4. The third kappa shape index (κ3) is 3.25. The molecule has 0 aliphatic carbocycles. The fourth-order valence-corrected chi connectivity index (χ4v) is 3.04. The number of amides is 1. The Bertz CT molecular complexity index is 1160. The molecular weight excluding hydrogens is 340 g/mol. The minimum atomic E-state index is -0.291. The van der Waals surface area contributed by atoms with Crippen molar-refractivity contribution in [1.82, 2.24) is 14.8 Å². The van der Waals surface area contributed by atoms with Gasteiger partial charge in [0.2, 0.25) is 0 Å². The van der Waals surface area contributed by atoms with E-state index < -0.39 is 0 Å². The molecule has 0 saturated heterocycles. The van der Waals surface area contributed by atoms with Gasteiger partial charge in [-0.2, -0.15) is 5.10 Å². The Hall–Kier alpha value is -3.67. The third-order valence-corrected chi connectivity index (χ3v) is 4.45. The van der Waals surface area contributed by atoms with E-state index >= 15 is 0 Å². The van der Waals surface area contributed by atoms with Crippen LogP contribution in [0.25, 0.3) is 16.6 Å². The fraction of sp³-hybridized carbons (Fsp3) is 0.0952. The molecule has 0 bridgehead atoms. The summed E-state index contributed by atoms with van der Waals surface area (Å²) in [6, 6.07) is 14.7. The zero-order valence-electron chi connectivity index (χ0n) is 15.0. The van der Waals surface area contributed by atoms with E-state index in [1.165, 1.54) is 6.20 Å². The number of phenols is 1. The predicted octanol–water partition coefficient (Wildman–Crippen LogP) is 4.00. The number of rotatable bonds is 3. The lowest BCUT2D eigenvalue weighted by Gasteiger charge is -2.08. The number of phenolic OH excluding ortho intramolecular Hbond substituents is 1. The molecule has 0 radical (unpaired) electrons. The molecule has 2 heterocycles. The molecule has 2 aromatic heterocycles. The minimum absolute atomic E-state index is 0.136. The molecule has 4 rings (SSSR count). The highest BCUT2D eigenvalue weighted by molar-refractivity contribution is 6.04. The molecule has 0 spiro atoms. The third-order valence-electron chi connectivity index (χ3n) is 4.45. The van der Waals surface area contributed by atoms with Crippen LogP contribution in [0, 0.1) is 13.8 Å². The van der Waals surface area contributed by atoms with Gasteiger partial charge in [-0.15, -0.1) is 0 Å². The van der Waals surface area contributed by atoms with Crippen molar-refractivity contribution < 1.29 is 9.90 Å². The zero-order valence-corrected chi connectivity index (χ0v) is 15.0. The maximum absolute atomic E-state index is 12.6. The first-order chi connectivity index (χ1) is 13.0. The fourth-order valence-electron chi connectivity index (χ4n) is 3.04. The van der Waals surface area contributed by atoms with Crippen LogP contribution in [0.15, 0.2) is 60.9 Å². The van der Waals surface area contributed by atoms with Gasteiger partial charge in [-0.3, -0.25) is 4.79 Å². The van der Waals surface area contributed by atoms with Gasteiger partial charge in [-0.05, 0) is 49.2 Å². The largest absolute Gasteiger partial charge is 0.508 e. The van der Waals surface area contributed by atoms with Crippen LogP contribution in [-0.4, -0.2) is 25.8 Å². The maximum Gasteiger partial charge on any atom is 0.260 e. The molecule has 0 saturated carbocycles. The first-order valence-corrected chi connectivity index (χ1v) is 8.54. The van der Waals surface area contributed by atoms with Crippen molar-refractivity contribution in [3.63, 3.8) is 0 Å². The second kappa shape index (κ2) is 6.57. The number of para-hydroxylation sites is 1. The topological polar surface area (TPSA) is 80.0 Å². The number of aryl methyl sites for hydroxylation is 2. The Morgan fingerprint density at radius 3 is 2.70 bits per heavy atom. The summed E-state index contributed by atoms with van der Waals surface area (Å²) >= 11 is 0. The van der Waals surface area contributed by atoms with Crippen LogP contribution in [0.3, 0.4) is 0 Å². The van der Waals surface area contributed by atoms with Crippen LogP contribution in [0.4, 0.5) is 5.82 Å². The number of nitrogens with zero attached hydrogens (tertiary/aromatic N) is 3. The van der Waals surface area contributed by atoms with Crippen molar-refractivity contribution in [3.8, 4) is 11.4 Å². The second-order valence-electron chi connectivity index (χ2n) is 6.44. The highest BCUT2D eigenvalue weighted by Gasteiger charge is 2.12. The highest BCUT2D eigenvalue weighted by Crippen LogP contribution is 2.24.